The lowest BCUT2D eigenvalue weighted by Gasteiger charge is -2.33. The van der Waals surface area contributed by atoms with E-state index in [2.05, 4.69) is 40.3 Å². The van der Waals surface area contributed by atoms with Crippen molar-refractivity contribution in [2.45, 2.75) is 25.7 Å². The molecule has 4 rings (SSSR count). The predicted octanol–water partition coefficient (Wildman–Crippen LogP) is 4.46. The van der Waals surface area contributed by atoms with E-state index in [9.17, 15) is 0 Å². The monoisotopic (exact) mass is 380 g/mol. The third-order valence-corrected chi connectivity index (χ3v) is 5.45. The zero-order chi connectivity index (χ0) is 18.8. The fourth-order valence-electron chi connectivity index (χ4n) is 3.60. The van der Waals surface area contributed by atoms with E-state index in [4.69, 9.17) is 21.9 Å². The minimum atomic E-state index is 0.363. The van der Waals surface area contributed by atoms with Gasteiger partial charge >= 0.3 is 0 Å². The Morgan fingerprint density at radius 1 is 1.26 bits per heavy atom. The molecule has 1 aromatic heterocycles. The van der Waals surface area contributed by atoms with E-state index < -0.39 is 0 Å². The van der Waals surface area contributed by atoms with Crippen LogP contribution in [0.1, 0.15) is 30.1 Å². The molecule has 0 amide bonds. The van der Waals surface area contributed by atoms with E-state index in [1.807, 2.05) is 24.3 Å². The van der Waals surface area contributed by atoms with Crippen LogP contribution in [0.2, 0.25) is 0 Å². The zero-order valence-corrected chi connectivity index (χ0v) is 16.5. The minimum absolute atomic E-state index is 0.363. The number of rotatable bonds is 3. The van der Waals surface area contributed by atoms with Crippen LogP contribution in [0.25, 0.3) is 11.0 Å². The second-order valence-electron chi connectivity index (χ2n) is 7.09. The number of aromatic amines is 1. The van der Waals surface area contributed by atoms with E-state index in [1.54, 1.807) is 7.11 Å². The van der Waals surface area contributed by atoms with Crippen LogP contribution in [0.15, 0.2) is 42.5 Å². The first-order valence-corrected chi connectivity index (χ1v) is 9.69. The molecular weight excluding hydrogens is 356 g/mol. The van der Waals surface area contributed by atoms with Gasteiger partial charge in [-0.3, -0.25) is 0 Å². The molecule has 1 saturated heterocycles. The van der Waals surface area contributed by atoms with Gasteiger partial charge in [0.15, 0.2) is 5.11 Å². The number of nitrogens with zero attached hydrogens (tertiary/aromatic N) is 2. The van der Waals surface area contributed by atoms with Crippen LogP contribution in [0.3, 0.4) is 0 Å². The molecular formula is C21H24N4OS. The van der Waals surface area contributed by atoms with Gasteiger partial charge in [-0.2, -0.15) is 0 Å². The number of hydrogen-bond donors (Lipinski definition) is 2. The molecule has 2 N–H and O–H groups in total. The predicted molar refractivity (Wildman–Crippen MR) is 114 cm³/mol. The topological polar surface area (TPSA) is 53.2 Å². The number of hydrogen-bond acceptors (Lipinski definition) is 3. The van der Waals surface area contributed by atoms with Crippen LogP contribution >= 0.6 is 12.2 Å². The van der Waals surface area contributed by atoms with Crippen molar-refractivity contribution in [3.05, 3.63) is 53.9 Å². The Labute approximate surface area is 164 Å². The molecule has 0 unspecified atom stereocenters. The maximum atomic E-state index is 5.65. The second-order valence-corrected chi connectivity index (χ2v) is 7.47. The average molecular weight is 381 g/mol. The fraction of sp³-hybridized carbons (Fsp3) is 0.333. The largest absolute Gasteiger partial charge is 0.497 e. The molecule has 2 heterocycles. The number of piperidine rings is 1. The van der Waals surface area contributed by atoms with Gasteiger partial charge in [-0.25, -0.2) is 4.98 Å². The van der Waals surface area contributed by atoms with Gasteiger partial charge in [0.25, 0.3) is 0 Å². The van der Waals surface area contributed by atoms with E-state index in [1.165, 1.54) is 5.56 Å². The van der Waals surface area contributed by atoms with Crippen LogP contribution in [0.4, 0.5) is 5.69 Å². The Hall–Kier alpha value is -2.60. The van der Waals surface area contributed by atoms with Gasteiger partial charge in [0.2, 0.25) is 0 Å². The van der Waals surface area contributed by atoms with E-state index in [-0.39, 0.29) is 0 Å². The number of aromatic nitrogens is 2. The molecule has 1 aliphatic heterocycles. The van der Waals surface area contributed by atoms with Gasteiger partial charge in [0, 0.05) is 24.7 Å². The molecule has 2 aromatic carbocycles. The number of H-pyrrole nitrogens is 1. The molecule has 0 saturated carbocycles. The first kappa shape index (κ1) is 17.8. The van der Waals surface area contributed by atoms with Crippen molar-refractivity contribution in [3.63, 3.8) is 0 Å². The summed E-state index contributed by atoms with van der Waals surface area (Å²) in [4.78, 5) is 10.6. The summed E-state index contributed by atoms with van der Waals surface area (Å²) < 4.78 is 5.20. The Kier molecular flexibility index (Phi) is 4.99. The average Bonchev–Trinajstić information content (AvgIpc) is 3.12. The van der Waals surface area contributed by atoms with Gasteiger partial charge in [0.1, 0.15) is 11.6 Å². The van der Waals surface area contributed by atoms with Crippen molar-refractivity contribution >= 4 is 34.1 Å². The maximum Gasteiger partial charge on any atom is 0.173 e. The molecule has 0 radical (unpaired) electrons. The minimum Gasteiger partial charge on any atom is -0.497 e. The third kappa shape index (κ3) is 3.90. The lowest BCUT2D eigenvalue weighted by atomic mass is 9.98. The first-order chi connectivity index (χ1) is 13.1. The van der Waals surface area contributed by atoms with E-state index >= 15 is 0 Å². The number of anilines is 1. The number of likely N-dealkylation sites (tertiary alicyclic amines) is 1. The highest BCUT2D eigenvalue weighted by Crippen LogP contribution is 2.27. The van der Waals surface area contributed by atoms with Gasteiger partial charge in [-0.15, -0.1) is 0 Å². The van der Waals surface area contributed by atoms with E-state index in [0.717, 1.165) is 59.3 Å². The smallest absolute Gasteiger partial charge is 0.173 e. The number of methoxy groups -OCH3 is 1. The van der Waals surface area contributed by atoms with Crippen LogP contribution in [-0.2, 0) is 0 Å². The standard InChI is InChI=1S/C21H24N4OS/c1-14-5-10-18-19(12-14)24-20(23-18)15-4-3-11-25(13-15)21(27)22-16-6-8-17(26-2)9-7-16/h5-10,12,15H,3-4,11,13H2,1-2H3,(H,22,27)(H,23,24)/t15-/m0/s1. The Bertz CT molecular complexity index is 950. The molecule has 0 bridgehead atoms. The van der Waals surface area contributed by atoms with Crippen LogP contribution in [0.5, 0.6) is 5.75 Å². The SMILES string of the molecule is COc1ccc(NC(=S)N2CCC[C@H](c3nc4ccc(C)cc4[nH]3)C2)cc1. The van der Waals surface area contributed by atoms with Crippen LogP contribution in [0, 0.1) is 6.92 Å². The van der Waals surface area contributed by atoms with Crippen molar-refractivity contribution in [2.75, 3.05) is 25.5 Å². The number of nitrogens with one attached hydrogen (secondary N) is 2. The summed E-state index contributed by atoms with van der Waals surface area (Å²) in [5.74, 6) is 2.26. The normalized spacial score (nSPS) is 17.1. The molecule has 0 spiro atoms. The van der Waals surface area contributed by atoms with Gasteiger partial charge < -0.3 is 19.9 Å². The summed E-state index contributed by atoms with van der Waals surface area (Å²) in [7, 11) is 1.67. The van der Waals surface area contributed by atoms with Crippen LogP contribution in [-0.4, -0.2) is 40.2 Å². The summed E-state index contributed by atoms with van der Waals surface area (Å²) in [6.07, 6.45) is 2.23. The van der Waals surface area contributed by atoms with Crippen molar-refractivity contribution in [1.29, 1.82) is 0 Å². The summed E-state index contributed by atoms with van der Waals surface area (Å²) in [5.41, 5.74) is 4.36. The Morgan fingerprint density at radius 2 is 2.07 bits per heavy atom. The highest BCUT2D eigenvalue weighted by atomic mass is 32.1. The number of benzene rings is 2. The third-order valence-electron chi connectivity index (χ3n) is 5.09. The summed E-state index contributed by atoms with van der Waals surface area (Å²) in [6.45, 7) is 3.95. The second kappa shape index (κ2) is 7.56. The van der Waals surface area contributed by atoms with E-state index in [0.29, 0.717) is 5.92 Å². The van der Waals surface area contributed by atoms with Crippen molar-refractivity contribution in [1.82, 2.24) is 14.9 Å². The molecule has 5 nitrogen and oxygen atoms in total. The molecule has 0 aliphatic carbocycles. The first-order valence-electron chi connectivity index (χ1n) is 9.28. The number of aryl methyl sites for hydroxylation is 1. The number of ether oxygens (including phenoxy) is 1. The van der Waals surface area contributed by atoms with Crippen LogP contribution < -0.4 is 10.1 Å². The summed E-state index contributed by atoms with van der Waals surface area (Å²) in [6, 6.07) is 14.2. The quantitative estimate of drug-likeness (QED) is 0.657. The van der Waals surface area contributed by atoms with Gasteiger partial charge in [0.05, 0.1) is 18.1 Å². The number of imidazole rings is 1. The molecule has 3 aromatic rings. The number of fused-ring (bicyclic) bond motifs is 1. The molecule has 1 aliphatic rings. The Balaban J connectivity index is 1.45. The number of thiocarbonyl (C=S) groups is 1. The lowest BCUT2D eigenvalue weighted by molar-refractivity contribution is 0.307. The molecule has 140 valence electrons. The van der Waals surface area contributed by atoms with Crippen molar-refractivity contribution in [2.24, 2.45) is 0 Å². The van der Waals surface area contributed by atoms with Crippen molar-refractivity contribution in [3.8, 4) is 5.75 Å². The Morgan fingerprint density at radius 3 is 2.85 bits per heavy atom. The molecule has 1 fully saturated rings. The highest BCUT2D eigenvalue weighted by Gasteiger charge is 2.25. The van der Waals surface area contributed by atoms with Crippen molar-refractivity contribution < 1.29 is 4.74 Å². The van der Waals surface area contributed by atoms with Gasteiger partial charge in [-0.1, -0.05) is 6.07 Å². The summed E-state index contributed by atoms with van der Waals surface area (Å²) in [5, 5.41) is 4.10. The summed E-state index contributed by atoms with van der Waals surface area (Å²) >= 11 is 5.65. The molecule has 1 atom stereocenters. The fourth-order valence-corrected chi connectivity index (χ4v) is 3.88. The van der Waals surface area contributed by atoms with Gasteiger partial charge in [-0.05, 0) is 73.9 Å². The lowest BCUT2D eigenvalue weighted by Crippen LogP contribution is -2.41. The highest BCUT2D eigenvalue weighted by molar-refractivity contribution is 7.80. The maximum absolute atomic E-state index is 5.65. The zero-order valence-electron chi connectivity index (χ0n) is 15.7. The molecule has 6 heteroatoms. The molecule has 27 heavy (non-hydrogen) atoms.